The van der Waals surface area contributed by atoms with Gasteiger partial charge in [-0.1, -0.05) is 32.3 Å². The normalized spacial score (nSPS) is 26.7. The Morgan fingerprint density at radius 2 is 1.87 bits per heavy atom. The van der Waals surface area contributed by atoms with E-state index >= 15 is 0 Å². The fraction of sp³-hybridized carbons (Fsp3) is 0.720. The first-order chi connectivity index (χ1) is 15.0. The van der Waals surface area contributed by atoms with Crippen LogP contribution < -0.4 is 4.74 Å². The van der Waals surface area contributed by atoms with Gasteiger partial charge >= 0.3 is 0 Å². The summed E-state index contributed by atoms with van der Waals surface area (Å²) in [4.78, 5) is 10.6. The number of aldehydes is 1. The first kappa shape index (κ1) is 24.1. The monoisotopic (exact) mass is 440 g/mol. The summed E-state index contributed by atoms with van der Waals surface area (Å²) in [5.74, 6) is 0.476. The van der Waals surface area contributed by atoms with Crippen LogP contribution in [0.25, 0.3) is 0 Å². The second-order valence-corrected chi connectivity index (χ2v) is 9.15. The Morgan fingerprint density at radius 1 is 1.13 bits per heavy atom. The van der Waals surface area contributed by atoms with Crippen molar-refractivity contribution in [3.05, 3.63) is 29.1 Å². The van der Waals surface area contributed by atoms with Gasteiger partial charge in [0, 0.05) is 12.3 Å². The number of carbonyl (C=O) groups excluding carboxylic acids is 1. The van der Waals surface area contributed by atoms with Gasteiger partial charge in [0.15, 0.2) is 0 Å². The molecule has 0 amide bonds. The van der Waals surface area contributed by atoms with Gasteiger partial charge in [-0.15, -0.1) is 0 Å². The maximum atomic E-state index is 14.5. The van der Waals surface area contributed by atoms with Gasteiger partial charge in [0.2, 0.25) is 0 Å². The van der Waals surface area contributed by atoms with E-state index in [0.29, 0.717) is 43.3 Å². The molecule has 1 aromatic rings. The number of benzene rings is 1. The average Bonchev–Trinajstić information content (AvgIpc) is 2.78. The number of carbonyl (C=O) groups is 1. The second-order valence-electron chi connectivity index (χ2n) is 9.15. The van der Waals surface area contributed by atoms with E-state index in [0.717, 1.165) is 38.4 Å². The Kier molecular flexibility index (Phi) is 9.24. The minimum absolute atomic E-state index is 0.0527. The molecule has 0 N–H and O–H groups in total. The van der Waals surface area contributed by atoms with Crippen molar-refractivity contribution in [1.82, 2.24) is 0 Å². The SMILES string of the molecule is CCCc1ccc(OCC2CCC(C3CCC(CCC=O)CC3)OC2)c(C(F)F)c1F. The molecule has 3 rings (SSSR count). The number of ether oxygens (including phenoxy) is 2. The lowest BCUT2D eigenvalue weighted by Crippen LogP contribution is -2.35. The third-order valence-corrected chi connectivity index (χ3v) is 6.95. The van der Waals surface area contributed by atoms with E-state index in [1.165, 1.54) is 18.9 Å². The van der Waals surface area contributed by atoms with Crippen molar-refractivity contribution in [2.24, 2.45) is 17.8 Å². The molecular weight excluding hydrogens is 405 g/mol. The van der Waals surface area contributed by atoms with Gasteiger partial charge in [-0.25, -0.2) is 13.2 Å². The van der Waals surface area contributed by atoms with Gasteiger partial charge < -0.3 is 14.3 Å². The van der Waals surface area contributed by atoms with Gasteiger partial charge in [0.05, 0.1) is 24.9 Å². The average molecular weight is 441 g/mol. The molecule has 0 aromatic heterocycles. The fourth-order valence-electron chi connectivity index (χ4n) is 5.10. The Balaban J connectivity index is 1.47. The highest BCUT2D eigenvalue weighted by molar-refractivity contribution is 5.49. The molecule has 1 aliphatic carbocycles. The summed E-state index contributed by atoms with van der Waals surface area (Å²) in [6.45, 7) is 2.70. The first-order valence-corrected chi connectivity index (χ1v) is 11.8. The maximum absolute atomic E-state index is 14.5. The molecule has 2 atom stereocenters. The van der Waals surface area contributed by atoms with Crippen molar-refractivity contribution < 1.29 is 27.4 Å². The van der Waals surface area contributed by atoms with E-state index < -0.39 is 17.8 Å². The number of alkyl halides is 2. The molecule has 0 bridgehead atoms. The van der Waals surface area contributed by atoms with E-state index in [1.54, 1.807) is 6.07 Å². The maximum Gasteiger partial charge on any atom is 0.270 e. The van der Waals surface area contributed by atoms with Crippen LogP contribution in [-0.4, -0.2) is 25.6 Å². The molecule has 0 radical (unpaired) electrons. The Bertz CT molecular complexity index is 693. The molecule has 2 unspecified atom stereocenters. The summed E-state index contributed by atoms with van der Waals surface area (Å²) >= 11 is 0. The molecule has 0 spiro atoms. The summed E-state index contributed by atoms with van der Waals surface area (Å²) in [6, 6.07) is 3.03. The lowest BCUT2D eigenvalue weighted by molar-refractivity contribution is -0.108. The lowest BCUT2D eigenvalue weighted by Gasteiger charge is -2.37. The third kappa shape index (κ3) is 6.47. The van der Waals surface area contributed by atoms with Crippen LogP contribution in [0.5, 0.6) is 5.75 Å². The number of aryl methyl sites for hydroxylation is 1. The van der Waals surface area contributed by atoms with Crippen molar-refractivity contribution in [1.29, 1.82) is 0 Å². The van der Waals surface area contributed by atoms with E-state index in [9.17, 15) is 18.0 Å². The topological polar surface area (TPSA) is 35.5 Å². The highest BCUT2D eigenvalue weighted by atomic mass is 19.3. The Labute approximate surface area is 183 Å². The molecule has 2 fully saturated rings. The van der Waals surface area contributed by atoms with Gasteiger partial charge in [0.25, 0.3) is 6.43 Å². The summed E-state index contributed by atoms with van der Waals surface area (Å²) < 4.78 is 53.2. The zero-order valence-corrected chi connectivity index (χ0v) is 18.5. The van der Waals surface area contributed by atoms with Gasteiger partial charge in [-0.05, 0) is 62.0 Å². The summed E-state index contributed by atoms with van der Waals surface area (Å²) in [7, 11) is 0. The molecule has 1 saturated heterocycles. The molecule has 1 aliphatic heterocycles. The smallest absolute Gasteiger partial charge is 0.270 e. The van der Waals surface area contributed by atoms with Crippen LogP contribution in [-0.2, 0) is 16.0 Å². The van der Waals surface area contributed by atoms with Crippen LogP contribution in [0, 0.1) is 23.6 Å². The largest absolute Gasteiger partial charge is 0.493 e. The zero-order valence-electron chi connectivity index (χ0n) is 18.5. The second kappa shape index (κ2) is 11.9. The molecule has 1 heterocycles. The third-order valence-electron chi connectivity index (χ3n) is 6.95. The quantitative estimate of drug-likeness (QED) is 0.381. The minimum Gasteiger partial charge on any atom is -0.493 e. The highest BCUT2D eigenvalue weighted by Crippen LogP contribution is 2.38. The van der Waals surface area contributed by atoms with E-state index in [1.807, 2.05) is 6.92 Å². The van der Waals surface area contributed by atoms with Crippen LogP contribution in [0.4, 0.5) is 13.2 Å². The fourth-order valence-corrected chi connectivity index (χ4v) is 5.10. The standard InChI is InChI=1S/C25H35F3O3/c1-2-4-20-11-13-22(23(24(20)26)25(27)28)31-16-18-8-12-21(30-15-18)19-9-6-17(7-10-19)5-3-14-29/h11,13-14,17-19,21,25H,2-10,12,15-16H2,1H3. The summed E-state index contributed by atoms with van der Waals surface area (Å²) in [5, 5.41) is 0. The van der Waals surface area contributed by atoms with Crippen molar-refractivity contribution in [3.63, 3.8) is 0 Å². The van der Waals surface area contributed by atoms with Crippen LogP contribution in [0.2, 0.25) is 0 Å². The molecule has 3 nitrogen and oxygen atoms in total. The number of hydrogen-bond donors (Lipinski definition) is 0. The van der Waals surface area contributed by atoms with Crippen molar-refractivity contribution in [3.8, 4) is 5.75 Å². The zero-order chi connectivity index (χ0) is 22.2. The van der Waals surface area contributed by atoms with Gasteiger partial charge in [-0.3, -0.25) is 0 Å². The van der Waals surface area contributed by atoms with Crippen LogP contribution >= 0.6 is 0 Å². The first-order valence-electron chi connectivity index (χ1n) is 11.8. The molecular formula is C25H35F3O3. The summed E-state index contributed by atoms with van der Waals surface area (Å²) in [6.07, 6.45) is 7.66. The van der Waals surface area contributed by atoms with Crippen molar-refractivity contribution in [2.75, 3.05) is 13.2 Å². The van der Waals surface area contributed by atoms with Crippen LogP contribution in [0.15, 0.2) is 12.1 Å². The molecule has 31 heavy (non-hydrogen) atoms. The number of rotatable bonds is 10. The van der Waals surface area contributed by atoms with Gasteiger partial charge in [-0.2, -0.15) is 0 Å². The predicted octanol–water partition coefficient (Wildman–Crippen LogP) is 6.68. The molecule has 174 valence electrons. The van der Waals surface area contributed by atoms with Crippen molar-refractivity contribution >= 4 is 6.29 Å². The van der Waals surface area contributed by atoms with Crippen LogP contribution in [0.1, 0.15) is 82.3 Å². The number of halogens is 3. The summed E-state index contributed by atoms with van der Waals surface area (Å²) in [5.41, 5.74) is -0.304. The highest BCUT2D eigenvalue weighted by Gasteiger charge is 2.32. The minimum atomic E-state index is -2.90. The van der Waals surface area contributed by atoms with Crippen LogP contribution in [0.3, 0.4) is 0 Å². The predicted molar refractivity (Wildman–Crippen MR) is 114 cm³/mol. The van der Waals surface area contributed by atoms with Gasteiger partial charge in [0.1, 0.15) is 17.9 Å². The molecule has 6 heteroatoms. The van der Waals surface area contributed by atoms with E-state index in [-0.39, 0.29) is 24.4 Å². The lowest BCUT2D eigenvalue weighted by atomic mass is 9.76. The van der Waals surface area contributed by atoms with E-state index in [2.05, 4.69) is 0 Å². The molecule has 1 saturated carbocycles. The molecule has 1 aromatic carbocycles. The van der Waals surface area contributed by atoms with Crippen molar-refractivity contribution in [2.45, 2.75) is 83.7 Å². The van der Waals surface area contributed by atoms with E-state index in [4.69, 9.17) is 9.47 Å². The molecule has 2 aliphatic rings. The Hall–Kier alpha value is -1.56. The Morgan fingerprint density at radius 3 is 2.48 bits per heavy atom. The number of hydrogen-bond acceptors (Lipinski definition) is 3.